The normalized spacial score (nSPS) is 18.8. The van der Waals surface area contributed by atoms with Crippen molar-refractivity contribution in [2.75, 3.05) is 20.2 Å². The van der Waals surface area contributed by atoms with Crippen molar-refractivity contribution in [1.29, 1.82) is 0 Å². The molecular formula is C17H20N2O2. The molecule has 1 aromatic heterocycles. The van der Waals surface area contributed by atoms with Crippen LogP contribution in [0.4, 0.5) is 0 Å². The second-order valence-corrected chi connectivity index (χ2v) is 5.75. The lowest BCUT2D eigenvalue weighted by Gasteiger charge is -2.30. The second-order valence-electron chi connectivity index (χ2n) is 5.75. The highest BCUT2D eigenvalue weighted by Crippen LogP contribution is 2.21. The molecule has 1 aliphatic rings. The molecule has 1 fully saturated rings. The number of hydrogen-bond acceptors (Lipinski definition) is 3. The minimum atomic E-state index is 0.0410. The van der Waals surface area contributed by atoms with Gasteiger partial charge in [-0.3, -0.25) is 4.79 Å². The lowest BCUT2D eigenvalue weighted by molar-refractivity contribution is 0.0677. The van der Waals surface area contributed by atoms with Gasteiger partial charge >= 0.3 is 0 Å². The molecular weight excluding hydrogens is 264 g/mol. The molecule has 4 nitrogen and oxygen atoms in total. The number of benzene rings is 1. The van der Waals surface area contributed by atoms with Crippen molar-refractivity contribution in [3.63, 3.8) is 0 Å². The standard InChI is InChI=1S/C17H20N2O2/c1-12-4-3-9-19(11-12)17(20)16-7-5-13-10-14(21-2)6-8-15(13)18-16/h5-8,10,12H,3-4,9,11H2,1-2H3. The van der Waals surface area contributed by atoms with Crippen LogP contribution in [-0.2, 0) is 0 Å². The number of aromatic nitrogens is 1. The van der Waals surface area contributed by atoms with Gasteiger partial charge in [-0.1, -0.05) is 13.0 Å². The molecule has 1 saturated heterocycles. The molecule has 21 heavy (non-hydrogen) atoms. The van der Waals surface area contributed by atoms with Gasteiger partial charge in [-0.05, 0) is 43.0 Å². The summed E-state index contributed by atoms with van der Waals surface area (Å²) in [4.78, 5) is 19.0. The molecule has 0 radical (unpaired) electrons. The zero-order chi connectivity index (χ0) is 14.8. The summed E-state index contributed by atoms with van der Waals surface area (Å²) in [7, 11) is 1.64. The van der Waals surface area contributed by atoms with Gasteiger partial charge in [0.2, 0.25) is 0 Å². The molecule has 1 amide bonds. The van der Waals surface area contributed by atoms with Crippen LogP contribution >= 0.6 is 0 Å². The summed E-state index contributed by atoms with van der Waals surface area (Å²) in [5.41, 5.74) is 1.36. The molecule has 1 atom stereocenters. The fourth-order valence-electron chi connectivity index (χ4n) is 2.89. The van der Waals surface area contributed by atoms with Gasteiger partial charge in [0.15, 0.2) is 0 Å². The number of rotatable bonds is 2. The molecule has 0 aliphatic carbocycles. The fourth-order valence-corrected chi connectivity index (χ4v) is 2.89. The third kappa shape index (κ3) is 2.84. The van der Waals surface area contributed by atoms with E-state index in [0.29, 0.717) is 11.6 Å². The number of ether oxygens (including phenoxy) is 1. The van der Waals surface area contributed by atoms with Crippen molar-refractivity contribution in [2.24, 2.45) is 5.92 Å². The Kier molecular flexibility index (Phi) is 3.78. The van der Waals surface area contributed by atoms with E-state index < -0.39 is 0 Å². The van der Waals surface area contributed by atoms with Gasteiger partial charge in [0, 0.05) is 18.5 Å². The zero-order valence-electron chi connectivity index (χ0n) is 12.5. The Labute approximate surface area is 124 Å². The van der Waals surface area contributed by atoms with Crippen LogP contribution in [0, 0.1) is 5.92 Å². The molecule has 0 spiro atoms. The SMILES string of the molecule is COc1ccc2nc(C(=O)N3CCCC(C)C3)ccc2c1. The smallest absolute Gasteiger partial charge is 0.272 e. The van der Waals surface area contributed by atoms with Crippen molar-refractivity contribution in [3.05, 3.63) is 36.0 Å². The summed E-state index contributed by atoms with van der Waals surface area (Å²) in [5, 5.41) is 0.984. The molecule has 0 bridgehead atoms. The van der Waals surface area contributed by atoms with E-state index in [2.05, 4.69) is 11.9 Å². The third-order valence-corrected chi connectivity index (χ3v) is 4.06. The molecule has 2 aromatic rings. The Morgan fingerprint density at radius 2 is 2.19 bits per heavy atom. The first-order chi connectivity index (χ1) is 10.2. The van der Waals surface area contributed by atoms with Crippen molar-refractivity contribution >= 4 is 16.8 Å². The van der Waals surface area contributed by atoms with Gasteiger partial charge in [-0.15, -0.1) is 0 Å². The summed E-state index contributed by atoms with van der Waals surface area (Å²) in [5.74, 6) is 1.42. The Hall–Kier alpha value is -2.10. The van der Waals surface area contributed by atoms with Crippen LogP contribution in [0.3, 0.4) is 0 Å². The van der Waals surface area contributed by atoms with E-state index in [1.54, 1.807) is 7.11 Å². The minimum Gasteiger partial charge on any atom is -0.497 e. The van der Waals surface area contributed by atoms with Crippen molar-refractivity contribution < 1.29 is 9.53 Å². The number of nitrogens with zero attached hydrogens (tertiary/aromatic N) is 2. The van der Waals surface area contributed by atoms with Gasteiger partial charge in [-0.25, -0.2) is 4.98 Å². The summed E-state index contributed by atoms with van der Waals surface area (Å²) in [6.45, 7) is 3.87. The first-order valence-electron chi connectivity index (χ1n) is 7.41. The Bertz CT molecular complexity index is 669. The highest BCUT2D eigenvalue weighted by atomic mass is 16.5. The maximum absolute atomic E-state index is 12.6. The minimum absolute atomic E-state index is 0.0410. The van der Waals surface area contributed by atoms with Gasteiger partial charge in [-0.2, -0.15) is 0 Å². The van der Waals surface area contributed by atoms with Crippen molar-refractivity contribution in [1.82, 2.24) is 9.88 Å². The number of likely N-dealkylation sites (tertiary alicyclic amines) is 1. The maximum atomic E-state index is 12.6. The molecule has 0 saturated carbocycles. The van der Waals surface area contributed by atoms with Gasteiger partial charge in [0.05, 0.1) is 12.6 Å². The summed E-state index contributed by atoms with van der Waals surface area (Å²) in [6, 6.07) is 9.44. The number of amides is 1. The molecule has 1 aliphatic heterocycles. The van der Waals surface area contributed by atoms with E-state index in [4.69, 9.17) is 4.74 Å². The van der Waals surface area contributed by atoms with Gasteiger partial charge in [0.1, 0.15) is 11.4 Å². The number of carbonyl (C=O) groups is 1. The average Bonchev–Trinajstić information content (AvgIpc) is 2.53. The lowest BCUT2D eigenvalue weighted by atomic mass is 10.00. The van der Waals surface area contributed by atoms with E-state index in [1.165, 1.54) is 6.42 Å². The van der Waals surface area contributed by atoms with Crippen LogP contribution in [0.5, 0.6) is 5.75 Å². The second kappa shape index (κ2) is 5.72. The average molecular weight is 284 g/mol. The predicted octanol–water partition coefficient (Wildman–Crippen LogP) is 3.12. The largest absolute Gasteiger partial charge is 0.497 e. The molecule has 2 heterocycles. The number of hydrogen-bond donors (Lipinski definition) is 0. The van der Waals surface area contributed by atoms with Crippen LogP contribution in [-0.4, -0.2) is 36.0 Å². The molecule has 0 N–H and O–H groups in total. The number of methoxy groups -OCH3 is 1. The van der Waals surface area contributed by atoms with Crippen LogP contribution in [0.2, 0.25) is 0 Å². The Morgan fingerprint density at radius 1 is 1.33 bits per heavy atom. The molecule has 4 heteroatoms. The quantitative estimate of drug-likeness (QED) is 0.851. The molecule has 3 rings (SSSR count). The molecule has 110 valence electrons. The molecule has 1 aromatic carbocycles. The monoisotopic (exact) mass is 284 g/mol. The third-order valence-electron chi connectivity index (χ3n) is 4.06. The summed E-state index contributed by atoms with van der Waals surface area (Å²) < 4.78 is 5.20. The number of piperidine rings is 1. The zero-order valence-corrected chi connectivity index (χ0v) is 12.5. The van der Waals surface area contributed by atoms with Crippen molar-refractivity contribution in [3.8, 4) is 5.75 Å². The number of carbonyl (C=O) groups excluding carboxylic acids is 1. The number of pyridine rings is 1. The first-order valence-corrected chi connectivity index (χ1v) is 7.41. The van der Waals surface area contributed by atoms with Crippen molar-refractivity contribution in [2.45, 2.75) is 19.8 Å². The highest BCUT2D eigenvalue weighted by Gasteiger charge is 2.22. The van der Waals surface area contributed by atoms with Crippen LogP contribution < -0.4 is 4.74 Å². The highest BCUT2D eigenvalue weighted by molar-refractivity contribution is 5.95. The maximum Gasteiger partial charge on any atom is 0.272 e. The Balaban J connectivity index is 1.88. The Morgan fingerprint density at radius 3 is 2.95 bits per heavy atom. The molecule has 1 unspecified atom stereocenters. The summed E-state index contributed by atoms with van der Waals surface area (Å²) in [6.07, 6.45) is 2.28. The van der Waals surface area contributed by atoms with Crippen LogP contribution in [0.1, 0.15) is 30.3 Å². The lowest BCUT2D eigenvalue weighted by Crippen LogP contribution is -2.39. The van der Waals surface area contributed by atoms with Crippen LogP contribution in [0.15, 0.2) is 30.3 Å². The van der Waals surface area contributed by atoms with E-state index in [-0.39, 0.29) is 5.91 Å². The fraction of sp³-hybridized carbons (Fsp3) is 0.412. The van der Waals surface area contributed by atoms with E-state index >= 15 is 0 Å². The predicted molar refractivity (Wildman–Crippen MR) is 82.6 cm³/mol. The van der Waals surface area contributed by atoms with Gasteiger partial charge in [0.25, 0.3) is 5.91 Å². The van der Waals surface area contributed by atoms with Crippen LogP contribution in [0.25, 0.3) is 10.9 Å². The topological polar surface area (TPSA) is 42.4 Å². The summed E-state index contributed by atoms with van der Waals surface area (Å²) >= 11 is 0. The first kappa shape index (κ1) is 13.9. The van der Waals surface area contributed by atoms with E-state index in [0.717, 1.165) is 36.2 Å². The van der Waals surface area contributed by atoms with E-state index in [9.17, 15) is 4.79 Å². The van der Waals surface area contributed by atoms with E-state index in [1.807, 2.05) is 35.2 Å². The van der Waals surface area contributed by atoms with Gasteiger partial charge < -0.3 is 9.64 Å². The number of fused-ring (bicyclic) bond motifs is 1.